The molecule has 3 rings (SSSR count). The van der Waals surface area contributed by atoms with Gasteiger partial charge in [0, 0.05) is 13.2 Å². The van der Waals surface area contributed by atoms with Crippen LogP contribution >= 0.6 is 0 Å². The minimum atomic E-state index is -0.534. The van der Waals surface area contributed by atoms with Crippen molar-refractivity contribution in [1.29, 1.82) is 0 Å². The lowest BCUT2D eigenvalue weighted by molar-refractivity contribution is -0.131. The molecule has 1 atom stereocenters. The smallest absolute Gasteiger partial charge is 0.231 e. The molecular formula is C22H27NO4. The van der Waals surface area contributed by atoms with Gasteiger partial charge in [-0.15, -0.1) is 0 Å². The number of amides is 1. The molecule has 2 aromatic rings. The lowest BCUT2D eigenvalue weighted by Gasteiger charge is -2.37. The van der Waals surface area contributed by atoms with E-state index in [-0.39, 0.29) is 11.9 Å². The Bertz CT molecular complexity index is 724. The normalized spacial score (nSPS) is 17.0. The quantitative estimate of drug-likeness (QED) is 0.813. The molecule has 1 amide bonds. The lowest BCUT2D eigenvalue weighted by atomic mass is 9.73. The number of ether oxygens (including phenoxy) is 3. The van der Waals surface area contributed by atoms with Crippen LogP contribution in [0.15, 0.2) is 54.6 Å². The predicted octanol–water partition coefficient (Wildman–Crippen LogP) is 3.33. The molecule has 0 unspecified atom stereocenters. The van der Waals surface area contributed by atoms with Crippen LogP contribution in [0.5, 0.6) is 11.5 Å². The highest BCUT2D eigenvalue weighted by Crippen LogP contribution is 2.35. The molecule has 1 aliphatic rings. The molecule has 144 valence electrons. The number of hydrogen-bond acceptors (Lipinski definition) is 4. The second-order valence-corrected chi connectivity index (χ2v) is 6.92. The Morgan fingerprint density at radius 3 is 2.33 bits per heavy atom. The van der Waals surface area contributed by atoms with Crippen LogP contribution in [0.3, 0.4) is 0 Å². The number of hydrogen-bond donors (Lipinski definition) is 1. The van der Waals surface area contributed by atoms with Gasteiger partial charge in [-0.25, -0.2) is 0 Å². The molecule has 2 aromatic carbocycles. The molecule has 5 nitrogen and oxygen atoms in total. The van der Waals surface area contributed by atoms with Crippen molar-refractivity contribution in [1.82, 2.24) is 5.32 Å². The van der Waals surface area contributed by atoms with E-state index < -0.39 is 5.41 Å². The van der Waals surface area contributed by atoms with Gasteiger partial charge in [0.1, 0.15) is 18.1 Å². The van der Waals surface area contributed by atoms with Crippen molar-refractivity contribution in [3.05, 3.63) is 60.2 Å². The average Bonchev–Trinajstić information content (AvgIpc) is 2.73. The van der Waals surface area contributed by atoms with Gasteiger partial charge < -0.3 is 19.5 Å². The van der Waals surface area contributed by atoms with Crippen LogP contribution in [0.4, 0.5) is 0 Å². The van der Waals surface area contributed by atoms with E-state index in [0.717, 1.165) is 17.1 Å². The summed E-state index contributed by atoms with van der Waals surface area (Å²) in [6.07, 6.45) is 1.38. The molecule has 27 heavy (non-hydrogen) atoms. The Morgan fingerprint density at radius 1 is 1.07 bits per heavy atom. The molecule has 0 saturated carbocycles. The summed E-state index contributed by atoms with van der Waals surface area (Å²) in [4.78, 5) is 13.2. The first-order valence-corrected chi connectivity index (χ1v) is 9.35. The van der Waals surface area contributed by atoms with Crippen molar-refractivity contribution in [3.8, 4) is 11.5 Å². The summed E-state index contributed by atoms with van der Waals surface area (Å²) >= 11 is 0. The van der Waals surface area contributed by atoms with E-state index in [9.17, 15) is 4.79 Å². The summed E-state index contributed by atoms with van der Waals surface area (Å²) in [5.41, 5.74) is 0.516. The highest BCUT2D eigenvalue weighted by Gasteiger charge is 2.41. The maximum Gasteiger partial charge on any atom is 0.231 e. The monoisotopic (exact) mass is 369 g/mol. The maximum atomic E-state index is 13.2. The first-order chi connectivity index (χ1) is 13.1. The number of methoxy groups -OCH3 is 1. The van der Waals surface area contributed by atoms with Gasteiger partial charge in [-0.05, 0) is 49.6 Å². The van der Waals surface area contributed by atoms with Crippen LogP contribution in [0.25, 0.3) is 0 Å². The Kier molecular flexibility index (Phi) is 6.35. The van der Waals surface area contributed by atoms with E-state index in [1.54, 1.807) is 7.11 Å². The van der Waals surface area contributed by atoms with Crippen LogP contribution in [0, 0.1) is 0 Å². The molecule has 0 aromatic heterocycles. The molecular weight excluding hydrogens is 342 g/mol. The van der Waals surface area contributed by atoms with E-state index in [2.05, 4.69) is 5.32 Å². The fraction of sp³-hybridized carbons (Fsp3) is 0.409. The van der Waals surface area contributed by atoms with E-state index >= 15 is 0 Å². The molecule has 1 aliphatic heterocycles. The summed E-state index contributed by atoms with van der Waals surface area (Å²) in [5, 5.41) is 3.14. The summed E-state index contributed by atoms with van der Waals surface area (Å²) in [6.45, 7) is 3.55. The van der Waals surface area contributed by atoms with E-state index in [4.69, 9.17) is 14.2 Å². The highest BCUT2D eigenvalue weighted by atomic mass is 16.5. The molecule has 1 fully saturated rings. The summed E-state index contributed by atoms with van der Waals surface area (Å²) in [7, 11) is 1.63. The highest BCUT2D eigenvalue weighted by molar-refractivity contribution is 5.88. The fourth-order valence-electron chi connectivity index (χ4n) is 3.42. The third-order valence-corrected chi connectivity index (χ3v) is 5.04. The van der Waals surface area contributed by atoms with Crippen LogP contribution in [0.1, 0.15) is 25.3 Å². The fourth-order valence-corrected chi connectivity index (χ4v) is 3.42. The van der Waals surface area contributed by atoms with Gasteiger partial charge in [0.25, 0.3) is 0 Å². The Balaban J connectivity index is 1.62. The Morgan fingerprint density at radius 2 is 1.70 bits per heavy atom. The van der Waals surface area contributed by atoms with E-state index in [1.165, 1.54) is 0 Å². The number of rotatable bonds is 7. The van der Waals surface area contributed by atoms with Crippen LogP contribution in [-0.2, 0) is 14.9 Å². The minimum absolute atomic E-state index is 0.0443. The van der Waals surface area contributed by atoms with Crippen LogP contribution < -0.4 is 14.8 Å². The average molecular weight is 369 g/mol. The second-order valence-electron chi connectivity index (χ2n) is 6.92. The Labute approximate surface area is 160 Å². The lowest BCUT2D eigenvalue weighted by Crippen LogP contribution is -2.51. The van der Waals surface area contributed by atoms with Crippen molar-refractivity contribution in [3.63, 3.8) is 0 Å². The maximum absolute atomic E-state index is 13.2. The number of carbonyl (C=O) groups is 1. The van der Waals surface area contributed by atoms with Crippen molar-refractivity contribution >= 4 is 5.91 Å². The van der Waals surface area contributed by atoms with Gasteiger partial charge in [0.2, 0.25) is 5.91 Å². The minimum Gasteiger partial charge on any atom is -0.497 e. The van der Waals surface area contributed by atoms with Gasteiger partial charge in [-0.3, -0.25) is 4.79 Å². The number of carbonyl (C=O) groups excluding carboxylic acids is 1. The standard InChI is InChI=1S/C22H27NO4/c1-17(16-27-20-10-8-19(25-2)9-11-20)23-21(24)22(12-14-26-15-13-22)18-6-4-3-5-7-18/h3-11,17H,12-16H2,1-2H3,(H,23,24)/t17-/m0/s1. The molecule has 0 bridgehead atoms. The molecule has 1 saturated heterocycles. The molecule has 1 N–H and O–H groups in total. The first-order valence-electron chi connectivity index (χ1n) is 9.35. The van der Waals surface area contributed by atoms with Crippen LogP contribution in [-0.4, -0.2) is 38.9 Å². The van der Waals surface area contributed by atoms with Gasteiger partial charge in [-0.2, -0.15) is 0 Å². The third kappa shape index (κ3) is 4.61. The summed E-state index contributed by atoms with van der Waals surface area (Å²) in [6, 6.07) is 17.3. The van der Waals surface area contributed by atoms with Crippen molar-refractivity contribution in [2.45, 2.75) is 31.2 Å². The zero-order valence-electron chi connectivity index (χ0n) is 15.9. The van der Waals surface area contributed by atoms with Crippen molar-refractivity contribution < 1.29 is 19.0 Å². The SMILES string of the molecule is COc1ccc(OC[C@H](C)NC(=O)C2(c3ccccc3)CCOCC2)cc1. The summed E-state index contributed by atoms with van der Waals surface area (Å²) < 4.78 is 16.5. The third-order valence-electron chi connectivity index (χ3n) is 5.04. The zero-order chi connectivity index (χ0) is 19.1. The Hall–Kier alpha value is -2.53. The zero-order valence-corrected chi connectivity index (χ0v) is 15.9. The largest absolute Gasteiger partial charge is 0.497 e. The van der Waals surface area contributed by atoms with Gasteiger partial charge in [0.05, 0.1) is 18.6 Å². The number of nitrogens with one attached hydrogen (secondary N) is 1. The molecule has 0 radical (unpaired) electrons. The van der Waals surface area contributed by atoms with Gasteiger partial charge in [0.15, 0.2) is 0 Å². The van der Waals surface area contributed by atoms with Crippen molar-refractivity contribution in [2.75, 3.05) is 26.9 Å². The molecule has 1 heterocycles. The predicted molar refractivity (Wildman–Crippen MR) is 104 cm³/mol. The summed E-state index contributed by atoms with van der Waals surface area (Å²) in [5.74, 6) is 1.58. The van der Waals surface area contributed by atoms with Gasteiger partial charge >= 0.3 is 0 Å². The molecule has 0 aliphatic carbocycles. The van der Waals surface area contributed by atoms with E-state index in [1.807, 2.05) is 61.5 Å². The van der Waals surface area contributed by atoms with Gasteiger partial charge in [-0.1, -0.05) is 30.3 Å². The van der Waals surface area contributed by atoms with Crippen LogP contribution in [0.2, 0.25) is 0 Å². The second kappa shape index (κ2) is 8.91. The molecule has 0 spiro atoms. The molecule has 5 heteroatoms. The topological polar surface area (TPSA) is 56.8 Å². The first kappa shape index (κ1) is 19.2. The van der Waals surface area contributed by atoms with E-state index in [0.29, 0.717) is 32.7 Å². The number of benzene rings is 2. The van der Waals surface area contributed by atoms with Crippen molar-refractivity contribution in [2.24, 2.45) is 0 Å².